The number of carbonyl (C=O) groups is 2. The maximum absolute atomic E-state index is 13.0. The number of anilines is 1. The Kier molecular flexibility index (Phi) is 10.8. The minimum absolute atomic E-state index is 0.0377. The fraction of sp³-hybridized carbons (Fsp3) is 0.483. The molecule has 0 atom stereocenters. The molecule has 12 heteroatoms. The molecular formula is C29H37N3O8S. The van der Waals surface area contributed by atoms with Gasteiger partial charge in [-0.05, 0) is 69.7 Å². The van der Waals surface area contributed by atoms with Crippen LogP contribution in [0.5, 0.6) is 11.5 Å². The molecule has 1 saturated heterocycles. The molecule has 0 saturated carbocycles. The van der Waals surface area contributed by atoms with E-state index < -0.39 is 21.9 Å². The van der Waals surface area contributed by atoms with E-state index in [9.17, 15) is 18.0 Å². The van der Waals surface area contributed by atoms with Gasteiger partial charge in [0, 0.05) is 32.4 Å². The van der Waals surface area contributed by atoms with E-state index in [1.165, 1.54) is 0 Å². The smallest absolute Gasteiger partial charge is 0.412 e. The number of likely N-dealkylation sites (tertiary alicyclic amines) is 1. The Morgan fingerprint density at radius 3 is 2.37 bits per heavy atom. The number of amides is 1. The van der Waals surface area contributed by atoms with Crippen LogP contribution in [0.4, 0.5) is 10.5 Å². The van der Waals surface area contributed by atoms with Gasteiger partial charge >= 0.3 is 22.4 Å². The van der Waals surface area contributed by atoms with Crippen LogP contribution < -0.4 is 13.8 Å². The van der Waals surface area contributed by atoms with Crippen LogP contribution in [-0.2, 0) is 24.0 Å². The largest absolute Gasteiger partial charge is 0.492 e. The van der Waals surface area contributed by atoms with Gasteiger partial charge < -0.3 is 23.3 Å². The Morgan fingerprint density at radius 2 is 1.76 bits per heavy atom. The molecule has 0 spiro atoms. The van der Waals surface area contributed by atoms with Crippen molar-refractivity contribution in [1.29, 1.82) is 5.26 Å². The highest BCUT2D eigenvalue weighted by atomic mass is 32.2. The Labute approximate surface area is 241 Å². The van der Waals surface area contributed by atoms with Gasteiger partial charge in [0.2, 0.25) is 0 Å². The third-order valence-electron chi connectivity index (χ3n) is 5.97. The lowest BCUT2D eigenvalue weighted by molar-refractivity contribution is -0.133. The van der Waals surface area contributed by atoms with Crippen molar-refractivity contribution >= 4 is 28.1 Å². The van der Waals surface area contributed by atoms with E-state index in [1.54, 1.807) is 60.4 Å². The van der Waals surface area contributed by atoms with Crippen LogP contribution in [-0.4, -0.2) is 63.3 Å². The third-order valence-corrected chi connectivity index (χ3v) is 7.30. The second-order valence-electron chi connectivity index (χ2n) is 10.5. The van der Waals surface area contributed by atoms with Crippen molar-refractivity contribution in [1.82, 2.24) is 4.90 Å². The van der Waals surface area contributed by atoms with Gasteiger partial charge in [0.05, 0.1) is 23.9 Å². The Bertz CT molecular complexity index is 1330. The van der Waals surface area contributed by atoms with Crippen LogP contribution in [0.3, 0.4) is 0 Å². The first kappa shape index (κ1) is 31.5. The summed E-state index contributed by atoms with van der Waals surface area (Å²) in [4.78, 5) is 26.0. The van der Waals surface area contributed by atoms with Gasteiger partial charge in [0.15, 0.2) is 0 Å². The predicted molar refractivity (Wildman–Crippen MR) is 152 cm³/mol. The third kappa shape index (κ3) is 9.86. The number of nitriles is 1. The van der Waals surface area contributed by atoms with Gasteiger partial charge in [-0.3, -0.25) is 4.79 Å². The molecule has 222 valence electrons. The molecule has 2 aromatic carbocycles. The van der Waals surface area contributed by atoms with Crippen molar-refractivity contribution < 1.29 is 36.4 Å². The van der Waals surface area contributed by atoms with Gasteiger partial charge in [0.25, 0.3) is 0 Å². The number of hydrogen-bond acceptors (Lipinski definition) is 9. The summed E-state index contributed by atoms with van der Waals surface area (Å²) in [6.45, 7) is 8.02. The predicted octanol–water partition coefficient (Wildman–Crippen LogP) is 4.81. The molecule has 0 aliphatic carbocycles. The quantitative estimate of drug-likeness (QED) is 0.363. The normalized spacial score (nSPS) is 14.1. The molecule has 2 aromatic rings. The molecule has 1 aliphatic rings. The summed E-state index contributed by atoms with van der Waals surface area (Å²) in [5.41, 5.74) is 0.110. The van der Waals surface area contributed by atoms with Crippen LogP contribution >= 0.6 is 0 Å². The maximum atomic E-state index is 13.0. The van der Waals surface area contributed by atoms with Crippen molar-refractivity contribution in [3.63, 3.8) is 0 Å². The van der Waals surface area contributed by atoms with E-state index >= 15 is 0 Å². The minimum Gasteiger partial charge on any atom is -0.492 e. The second-order valence-corrected chi connectivity index (χ2v) is 12.0. The number of rotatable bonds is 11. The molecule has 0 unspecified atom stereocenters. The SMILES string of the molecule is CCCC(=O)OS(=O)(=O)N(CCOc1cccc(C#N)c1)c1ccc(OC2CCN(C(=O)OC(C)(C)C)CC2)cc1. The summed E-state index contributed by atoms with van der Waals surface area (Å²) in [6.07, 6.45) is 1.19. The lowest BCUT2D eigenvalue weighted by atomic mass is 10.1. The average molecular weight is 588 g/mol. The lowest BCUT2D eigenvalue weighted by Gasteiger charge is -2.33. The molecule has 1 heterocycles. The van der Waals surface area contributed by atoms with Crippen molar-refractivity contribution in [2.45, 2.75) is 65.1 Å². The van der Waals surface area contributed by atoms with Crippen LogP contribution in [0.15, 0.2) is 48.5 Å². The molecule has 0 N–H and O–H groups in total. The molecular weight excluding hydrogens is 550 g/mol. The highest BCUT2D eigenvalue weighted by Crippen LogP contribution is 2.26. The molecule has 1 fully saturated rings. The average Bonchev–Trinajstić information content (AvgIpc) is 2.91. The van der Waals surface area contributed by atoms with Gasteiger partial charge in [-0.2, -0.15) is 13.7 Å². The standard InChI is InChI=1S/C29H37N3O8S/c1-5-7-27(33)40-41(35,36)32(18-19-37-26-9-6-8-22(20-26)21-30)23-10-12-24(13-11-23)38-25-14-16-31(17-15-25)28(34)39-29(2,3)4/h6,8-13,20,25H,5,7,14-19H2,1-4H3. The summed E-state index contributed by atoms with van der Waals surface area (Å²) in [5.74, 6) is 0.0954. The highest BCUT2D eigenvalue weighted by Gasteiger charge is 2.29. The van der Waals surface area contributed by atoms with Crippen LogP contribution in [0, 0.1) is 11.3 Å². The summed E-state index contributed by atoms with van der Waals surface area (Å²) >= 11 is 0. The van der Waals surface area contributed by atoms with E-state index in [1.807, 2.05) is 26.8 Å². The van der Waals surface area contributed by atoms with Crippen molar-refractivity contribution in [3.8, 4) is 17.6 Å². The molecule has 0 radical (unpaired) electrons. The van der Waals surface area contributed by atoms with Crippen LogP contribution in [0.25, 0.3) is 0 Å². The maximum Gasteiger partial charge on any atom is 0.412 e. The fourth-order valence-corrected chi connectivity index (χ4v) is 5.13. The molecule has 0 bridgehead atoms. The Balaban J connectivity index is 1.66. The number of piperidine rings is 1. The molecule has 1 amide bonds. The lowest BCUT2D eigenvalue weighted by Crippen LogP contribution is -2.44. The minimum atomic E-state index is -4.47. The van der Waals surface area contributed by atoms with E-state index in [-0.39, 0.29) is 37.5 Å². The van der Waals surface area contributed by atoms with E-state index in [0.29, 0.717) is 49.4 Å². The first-order valence-corrected chi connectivity index (χ1v) is 14.9. The molecule has 11 nitrogen and oxygen atoms in total. The van der Waals surface area contributed by atoms with Gasteiger partial charge in [-0.25, -0.2) is 9.10 Å². The second kappa shape index (κ2) is 14.1. The van der Waals surface area contributed by atoms with Gasteiger partial charge in [-0.15, -0.1) is 0 Å². The number of carbonyl (C=O) groups excluding carboxylic acids is 2. The van der Waals surface area contributed by atoms with E-state index in [4.69, 9.17) is 23.7 Å². The zero-order valence-electron chi connectivity index (χ0n) is 23.9. The first-order valence-electron chi connectivity index (χ1n) is 13.5. The topological polar surface area (TPSA) is 135 Å². The zero-order chi connectivity index (χ0) is 30.0. The highest BCUT2D eigenvalue weighted by molar-refractivity contribution is 7.88. The Hall–Kier alpha value is -3.98. The van der Waals surface area contributed by atoms with Gasteiger partial charge in [0.1, 0.15) is 29.8 Å². The number of nitrogens with zero attached hydrogens (tertiary/aromatic N) is 3. The van der Waals surface area contributed by atoms with Crippen LogP contribution in [0.2, 0.25) is 0 Å². The number of ether oxygens (including phenoxy) is 3. The molecule has 3 rings (SSSR count). The monoisotopic (exact) mass is 587 g/mol. The van der Waals surface area contributed by atoms with Gasteiger partial charge in [-0.1, -0.05) is 13.0 Å². The summed E-state index contributed by atoms with van der Waals surface area (Å²) in [5, 5.41) is 9.08. The Morgan fingerprint density at radius 1 is 1.07 bits per heavy atom. The van der Waals surface area contributed by atoms with Crippen LogP contribution in [0.1, 0.15) is 58.9 Å². The van der Waals surface area contributed by atoms with E-state index in [0.717, 1.165) is 4.31 Å². The number of benzene rings is 2. The van der Waals surface area contributed by atoms with E-state index in [2.05, 4.69) is 0 Å². The zero-order valence-corrected chi connectivity index (χ0v) is 24.7. The summed E-state index contributed by atoms with van der Waals surface area (Å²) < 4.78 is 49.1. The molecule has 1 aliphatic heterocycles. The van der Waals surface area contributed by atoms with Crippen molar-refractivity contribution in [3.05, 3.63) is 54.1 Å². The summed E-state index contributed by atoms with van der Waals surface area (Å²) in [6, 6.07) is 14.9. The first-order chi connectivity index (χ1) is 19.4. The van der Waals surface area contributed by atoms with Crippen molar-refractivity contribution in [2.24, 2.45) is 0 Å². The van der Waals surface area contributed by atoms with Crippen molar-refractivity contribution in [2.75, 3.05) is 30.5 Å². The number of hydrogen-bond donors (Lipinski definition) is 0. The molecule has 0 aromatic heterocycles. The fourth-order valence-electron chi connectivity index (χ4n) is 4.05. The molecule has 41 heavy (non-hydrogen) atoms. The summed E-state index contributed by atoms with van der Waals surface area (Å²) in [7, 11) is -4.47.